The minimum absolute atomic E-state index is 0.0155. The molecule has 3 N–H and O–H groups in total. The van der Waals surface area contributed by atoms with Gasteiger partial charge in [0.15, 0.2) is 0 Å². The number of hydrogen-bond acceptors (Lipinski definition) is 5. The number of ether oxygens (including phenoxy) is 1. The van der Waals surface area contributed by atoms with Gasteiger partial charge in [0.25, 0.3) is 5.91 Å². The minimum Gasteiger partial charge on any atom is -0.370 e. The third-order valence-corrected chi connectivity index (χ3v) is 2.03. The molecule has 0 aromatic carbocycles. The molecule has 7 nitrogen and oxygen atoms in total. The van der Waals surface area contributed by atoms with Gasteiger partial charge in [-0.15, -0.1) is 0 Å². The highest BCUT2D eigenvalue weighted by atomic mass is 16.5. The van der Waals surface area contributed by atoms with Crippen LogP contribution in [0.25, 0.3) is 0 Å². The van der Waals surface area contributed by atoms with Gasteiger partial charge in [0, 0.05) is 13.7 Å². The minimum atomic E-state index is -0.802. The Kier molecular flexibility index (Phi) is 3.75. The van der Waals surface area contributed by atoms with Gasteiger partial charge in [-0.05, 0) is 0 Å². The van der Waals surface area contributed by atoms with E-state index in [9.17, 15) is 14.4 Å². The van der Waals surface area contributed by atoms with Crippen molar-refractivity contribution in [3.05, 3.63) is 0 Å². The summed E-state index contributed by atoms with van der Waals surface area (Å²) in [5, 5.41) is 2.10. The number of amides is 3. The van der Waals surface area contributed by atoms with Crippen LogP contribution >= 0.6 is 0 Å². The fourth-order valence-corrected chi connectivity index (χ4v) is 1.29. The number of nitrogens with zero attached hydrogens (tertiary/aromatic N) is 1. The average Bonchev–Trinajstić information content (AvgIpc) is 2.18. The number of nitrogens with one attached hydrogen (secondary N) is 1. The highest BCUT2D eigenvalue weighted by Gasteiger charge is 2.30. The first-order valence-electron chi connectivity index (χ1n) is 4.42. The number of methoxy groups -OCH3 is 1. The molecule has 1 aliphatic heterocycles. The molecule has 1 fully saturated rings. The van der Waals surface area contributed by atoms with Gasteiger partial charge < -0.3 is 15.4 Å². The van der Waals surface area contributed by atoms with Crippen molar-refractivity contribution in [3.8, 4) is 0 Å². The lowest BCUT2D eigenvalue weighted by atomic mass is 10.2. The smallest absolute Gasteiger partial charge is 0.253 e. The molecule has 1 atom stereocenters. The summed E-state index contributed by atoms with van der Waals surface area (Å²) in [6.45, 7) is -0.253. The summed E-state index contributed by atoms with van der Waals surface area (Å²) in [6.07, 6.45) is -0.802. The molecular formula is C8H13N3O4. The Morgan fingerprint density at radius 3 is 2.47 bits per heavy atom. The largest absolute Gasteiger partial charge is 0.370 e. The Morgan fingerprint density at radius 2 is 2.07 bits per heavy atom. The molecule has 1 unspecified atom stereocenters. The predicted molar refractivity (Wildman–Crippen MR) is 49.6 cm³/mol. The third-order valence-electron chi connectivity index (χ3n) is 2.03. The molecule has 15 heavy (non-hydrogen) atoms. The standard InChI is InChI=1S/C8H13N3O4/c1-15-5(2-9)8(14)11-3-6(12)10-7(13)4-11/h5H,2-4,9H2,1H3,(H,10,12,13). The first-order chi connectivity index (χ1) is 7.08. The second kappa shape index (κ2) is 4.85. The normalized spacial score (nSPS) is 18.7. The molecule has 0 aliphatic carbocycles. The van der Waals surface area contributed by atoms with Crippen LogP contribution < -0.4 is 11.1 Å². The topological polar surface area (TPSA) is 102 Å². The van der Waals surface area contributed by atoms with Gasteiger partial charge >= 0.3 is 0 Å². The van der Waals surface area contributed by atoms with E-state index in [-0.39, 0.29) is 19.6 Å². The summed E-state index contributed by atoms with van der Waals surface area (Å²) in [4.78, 5) is 34.7. The zero-order valence-corrected chi connectivity index (χ0v) is 8.36. The van der Waals surface area contributed by atoms with Crippen LogP contribution in [0, 0.1) is 0 Å². The van der Waals surface area contributed by atoms with Crippen LogP contribution in [-0.4, -0.2) is 55.5 Å². The zero-order chi connectivity index (χ0) is 11.4. The molecule has 1 aliphatic rings. The first kappa shape index (κ1) is 11.6. The maximum absolute atomic E-state index is 11.6. The van der Waals surface area contributed by atoms with Crippen molar-refractivity contribution < 1.29 is 19.1 Å². The van der Waals surface area contributed by atoms with Crippen molar-refractivity contribution in [3.63, 3.8) is 0 Å². The quantitative estimate of drug-likeness (QED) is 0.504. The summed E-state index contributed by atoms with van der Waals surface area (Å²) < 4.78 is 4.83. The van der Waals surface area contributed by atoms with Gasteiger partial charge in [-0.1, -0.05) is 0 Å². The summed E-state index contributed by atoms with van der Waals surface area (Å²) in [5.41, 5.74) is 5.30. The van der Waals surface area contributed by atoms with Gasteiger partial charge in [-0.2, -0.15) is 0 Å². The molecule has 0 radical (unpaired) electrons. The zero-order valence-electron chi connectivity index (χ0n) is 8.36. The molecule has 84 valence electrons. The number of imide groups is 1. The fraction of sp³-hybridized carbons (Fsp3) is 0.625. The molecule has 3 amide bonds. The fourth-order valence-electron chi connectivity index (χ4n) is 1.29. The maximum Gasteiger partial charge on any atom is 0.253 e. The van der Waals surface area contributed by atoms with E-state index in [1.54, 1.807) is 0 Å². The lowest BCUT2D eigenvalue weighted by Gasteiger charge is -2.28. The lowest BCUT2D eigenvalue weighted by Crippen LogP contribution is -2.56. The van der Waals surface area contributed by atoms with Crippen molar-refractivity contribution in [1.29, 1.82) is 0 Å². The second-order valence-electron chi connectivity index (χ2n) is 3.13. The molecule has 7 heteroatoms. The van der Waals surface area contributed by atoms with Crippen LogP contribution in [0.5, 0.6) is 0 Å². The van der Waals surface area contributed by atoms with Crippen molar-refractivity contribution in [2.75, 3.05) is 26.7 Å². The Labute approximate surface area is 86.5 Å². The van der Waals surface area contributed by atoms with Crippen LogP contribution in [0.1, 0.15) is 0 Å². The van der Waals surface area contributed by atoms with Crippen LogP contribution in [0.3, 0.4) is 0 Å². The number of rotatable bonds is 3. The summed E-state index contributed by atoms with van der Waals surface area (Å²) >= 11 is 0. The van der Waals surface area contributed by atoms with Gasteiger partial charge in [-0.3, -0.25) is 19.7 Å². The molecule has 0 aromatic heterocycles. The summed E-state index contributed by atoms with van der Waals surface area (Å²) in [7, 11) is 1.35. The number of hydrogen-bond donors (Lipinski definition) is 2. The lowest BCUT2D eigenvalue weighted by molar-refractivity contribution is -0.150. The molecule has 1 heterocycles. The van der Waals surface area contributed by atoms with Crippen LogP contribution in [0.2, 0.25) is 0 Å². The van der Waals surface area contributed by atoms with E-state index in [0.717, 1.165) is 4.90 Å². The second-order valence-corrected chi connectivity index (χ2v) is 3.13. The molecule has 1 saturated heterocycles. The van der Waals surface area contributed by atoms with Gasteiger partial charge in [0.2, 0.25) is 11.8 Å². The maximum atomic E-state index is 11.6. The highest BCUT2D eigenvalue weighted by Crippen LogP contribution is 2.01. The Balaban J connectivity index is 2.66. The van der Waals surface area contributed by atoms with E-state index < -0.39 is 23.8 Å². The SMILES string of the molecule is COC(CN)C(=O)N1CC(=O)NC(=O)C1. The number of nitrogens with two attached hydrogens (primary N) is 1. The molecule has 0 aromatic rings. The number of piperazine rings is 1. The van der Waals surface area contributed by atoms with E-state index in [1.165, 1.54) is 7.11 Å². The van der Waals surface area contributed by atoms with Gasteiger partial charge in [0.05, 0.1) is 0 Å². The van der Waals surface area contributed by atoms with Crippen molar-refractivity contribution in [2.24, 2.45) is 5.73 Å². The number of carbonyl (C=O) groups excluding carboxylic acids is 3. The monoisotopic (exact) mass is 215 g/mol. The highest BCUT2D eigenvalue weighted by molar-refractivity contribution is 6.03. The molecule has 0 bridgehead atoms. The van der Waals surface area contributed by atoms with E-state index in [4.69, 9.17) is 10.5 Å². The summed E-state index contributed by atoms with van der Waals surface area (Å²) in [5.74, 6) is -1.43. The Bertz CT molecular complexity index is 272. The predicted octanol–water partition coefficient (Wildman–Crippen LogP) is -2.55. The molecule has 0 saturated carbocycles. The van der Waals surface area contributed by atoms with E-state index in [0.29, 0.717) is 0 Å². The summed E-state index contributed by atoms with van der Waals surface area (Å²) in [6, 6.07) is 0. The molecule has 1 rings (SSSR count). The Morgan fingerprint density at radius 1 is 1.53 bits per heavy atom. The van der Waals surface area contributed by atoms with E-state index >= 15 is 0 Å². The van der Waals surface area contributed by atoms with Crippen LogP contribution in [0.4, 0.5) is 0 Å². The third kappa shape index (κ3) is 2.74. The van der Waals surface area contributed by atoms with Crippen LogP contribution in [0.15, 0.2) is 0 Å². The van der Waals surface area contributed by atoms with E-state index in [2.05, 4.69) is 5.32 Å². The van der Waals surface area contributed by atoms with E-state index in [1.807, 2.05) is 0 Å². The van der Waals surface area contributed by atoms with Crippen LogP contribution in [-0.2, 0) is 19.1 Å². The molecule has 0 spiro atoms. The Hall–Kier alpha value is -1.47. The average molecular weight is 215 g/mol. The van der Waals surface area contributed by atoms with Gasteiger partial charge in [0.1, 0.15) is 19.2 Å². The van der Waals surface area contributed by atoms with Crippen molar-refractivity contribution in [2.45, 2.75) is 6.10 Å². The van der Waals surface area contributed by atoms with Crippen molar-refractivity contribution in [1.82, 2.24) is 10.2 Å². The first-order valence-corrected chi connectivity index (χ1v) is 4.42. The van der Waals surface area contributed by atoms with Gasteiger partial charge in [-0.25, -0.2) is 0 Å². The number of carbonyl (C=O) groups is 3. The van der Waals surface area contributed by atoms with Crippen molar-refractivity contribution >= 4 is 17.7 Å². The molecular weight excluding hydrogens is 202 g/mol.